The lowest BCUT2D eigenvalue weighted by molar-refractivity contribution is -0.143. The average Bonchev–Trinajstić information content (AvgIpc) is 3.58. The maximum Gasteiger partial charge on any atom is 0.306 e. The van der Waals surface area contributed by atoms with Crippen molar-refractivity contribution < 1.29 is 34.3 Å². The van der Waals surface area contributed by atoms with Gasteiger partial charge in [0.1, 0.15) is 12.4 Å². The highest BCUT2D eigenvalue weighted by molar-refractivity contribution is 5.70. The van der Waals surface area contributed by atoms with E-state index in [9.17, 15) is 20.1 Å². The Balaban J connectivity index is 1.30. The first-order valence-corrected chi connectivity index (χ1v) is 14.4. The van der Waals surface area contributed by atoms with Crippen LogP contribution in [0.1, 0.15) is 55.3 Å². The largest absolute Gasteiger partial charge is 0.494 e. The third-order valence-electron chi connectivity index (χ3n) is 8.55. The van der Waals surface area contributed by atoms with Crippen LogP contribution in [0, 0.1) is 11.8 Å². The van der Waals surface area contributed by atoms with Crippen molar-refractivity contribution >= 4 is 5.97 Å². The molecule has 1 aromatic heterocycles. The summed E-state index contributed by atoms with van der Waals surface area (Å²) >= 11 is 0. The van der Waals surface area contributed by atoms with Gasteiger partial charge in [0.15, 0.2) is 23.3 Å². The second-order valence-corrected chi connectivity index (χ2v) is 11.2. The van der Waals surface area contributed by atoms with E-state index in [4.69, 9.17) is 14.2 Å². The van der Waals surface area contributed by atoms with Crippen LogP contribution < -0.4 is 14.2 Å². The van der Waals surface area contributed by atoms with E-state index in [0.717, 1.165) is 56.6 Å². The summed E-state index contributed by atoms with van der Waals surface area (Å²) in [7, 11) is 1.61. The van der Waals surface area contributed by atoms with Crippen LogP contribution in [0.4, 0.5) is 0 Å². The number of aliphatic carboxylic acids is 1. The molecule has 0 spiro atoms. The van der Waals surface area contributed by atoms with E-state index in [2.05, 4.69) is 30.0 Å². The van der Waals surface area contributed by atoms with Crippen LogP contribution in [0.5, 0.6) is 29.0 Å². The summed E-state index contributed by atoms with van der Waals surface area (Å²) in [6.07, 6.45) is 4.23. The Morgan fingerprint density at radius 1 is 1.05 bits per heavy atom. The number of carboxylic acid groups (broad SMARTS) is 1. The number of hydrogen-bond donors (Lipinski definition) is 3. The Kier molecular flexibility index (Phi) is 8.93. The maximum atomic E-state index is 11.5. The van der Waals surface area contributed by atoms with Crippen LogP contribution in [0.15, 0.2) is 48.5 Å². The molecular formula is C32H40N2O7. The molecule has 1 aliphatic carbocycles. The number of rotatable bonds is 12. The van der Waals surface area contributed by atoms with Crippen LogP contribution in [0.2, 0.25) is 0 Å². The lowest BCUT2D eigenvalue weighted by Crippen LogP contribution is -2.34. The van der Waals surface area contributed by atoms with Gasteiger partial charge in [-0.05, 0) is 73.4 Å². The minimum Gasteiger partial charge on any atom is -0.494 e. The molecule has 0 amide bonds. The van der Waals surface area contributed by atoms with E-state index in [1.807, 2.05) is 18.2 Å². The Bertz CT molecular complexity index is 1330. The fourth-order valence-electron chi connectivity index (χ4n) is 6.05. The normalized spacial score (nSPS) is 19.0. The molecule has 0 saturated heterocycles. The number of nitrogens with zero attached hydrogens (tertiary/aromatic N) is 2. The van der Waals surface area contributed by atoms with Crippen molar-refractivity contribution in [2.75, 3.05) is 26.9 Å². The second-order valence-electron chi connectivity index (χ2n) is 11.2. The standard InChI is InChI=1S/C32H40N2O7/c1-21(25-8-10-27-26(18-25)13-15-40-27)33(19-22-3-6-24(7-4-22)32(37)38)20-23-5-9-28(29(17-23)39-2)41-16-14-34-30(35)11-12-31(34)36/h5,8-12,17-18,21-22,24,35-36H,3-4,6-7,13-16,19-20H2,1-2H3,(H,37,38)/t21-,22?,24?/m0/s1. The van der Waals surface area contributed by atoms with Gasteiger partial charge < -0.3 is 29.5 Å². The number of carbonyl (C=O) groups is 1. The molecule has 3 N–H and O–H groups in total. The molecule has 1 saturated carbocycles. The SMILES string of the molecule is COc1cc(CN(CC2CCC(C(=O)O)CC2)[C@@H](C)c2ccc3c(c2)CCO3)ccc1OCCn1c(O)ccc1O. The van der Waals surface area contributed by atoms with E-state index >= 15 is 0 Å². The Hall–Kier alpha value is -3.85. The monoisotopic (exact) mass is 564 g/mol. The zero-order valence-electron chi connectivity index (χ0n) is 23.8. The van der Waals surface area contributed by atoms with Crippen LogP contribution >= 0.6 is 0 Å². The van der Waals surface area contributed by atoms with Crippen molar-refractivity contribution in [3.8, 4) is 29.0 Å². The van der Waals surface area contributed by atoms with Gasteiger partial charge in [-0.2, -0.15) is 0 Å². The van der Waals surface area contributed by atoms with Gasteiger partial charge in [0.2, 0.25) is 0 Å². The predicted octanol–water partition coefficient (Wildman–Crippen LogP) is 5.38. The summed E-state index contributed by atoms with van der Waals surface area (Å²) in [5.41, 5.74) is 3.59. The lowest BCUT2D eigenvalue weighted by Gasteiger charge is -2.35. The topological polar surface area (TPSA) is 114 Å². The summed E-state index contributed by atoms with van der Waals surface area (Å²) in [6, 6.07) is 15.5. The fourth-order valence-corrected chi connectivity index (χ4v) is 6.05. The smallest absolute Gasteiger partial charge is 0.306 e. The van der Waals surface area contributed by atoms with Crippen molar-refractivity contribution in [3.05, 3.63) is 65.2 Å². The van der Waals surface area contributed by atoms with E-state index in [0.29, 0.717) is 24.0 Å². The van der Waals surface area contributed by atoms with Gasteiger partial charge in [-0.1, -0.05) is 18.2 Å². The Labute approximate surface area is 240 Å². The zero-order valence-corrected chi connectivity index (χ0v) is 23.8. The van der Waals surface area contributed by atoms with Gasteiger partial charge >= 0.3 is 5.97 Å². The molecule has 0 bridgehead atoms. The number of aromatic nitrogens is 1. The number of hydrogen-bond acceptors (Lipinski definition) is 7. The Morgan fingerprint density at radius 3 is 2.51 bits per heavy atom. The number of carboxylic acids is 1. The molecule has 0 unspecified atom stereocenters. The summed E-state index contributed by atoms with van der Waals surface area (Å²) in [5.74, 6) is 1.69. The molecule has 9 nitrogen and oxygen atoms in total. The molecule has 3 aromatic rings. The highest BCUT2D eigenvalue weighted by Gasteiger charge is 2.29. The third-order valence-corrected chi connectivity index (χ3v) is 8.55. The molecule has 1 atom stereocenters. The molecule has 2 aliphatic rings. The number of benzene rings is 2. The minimum absolute atomic E-state index is 0.0185. The minimum atomic E-state index is -0.676. The second kappa shape index (κ2) is 12.8. The molecule has 2 aromatic carbocycles. The number of fused-ring (bicyclic) bond motifs is 1. The number of aromatic hydroxyl groups is 2. The quantitative estimate of drug-likeness (QED) is 0.269. The van der Waals surface area contributed by atoms with Crippen LogP contribution in [0.3, 0.4) is 0 Å². The van der Waals surface area contributed by atoms with Crippen LogP contribution in [0.25, 0.3) is 0 Å². The maximum absolute atomic E-state index is 11.5. The van der Waals surface area contributed by atoms with Crippen molar-refractivity contribution in [3.63, 3.8) is 0 Å². The van der Waals surface area contributed by atoms with Gasteiger partial charge in [0.05, 0.1) is 26.2 Å². The van der Waals surface area contributed by atoms with E-state index in [-0.39, 0.29) is 36.9 Å². The molecule has 1 aliphatic heterocycles. The van der Waals surface area contributed by atoms with Gasteiger partial charge in [0.25, 0.3) is 0 Å². The molecule has 9 heteroatoms. The summed E-state index contributed by atoms with van der Waals surface area (Å²) in [6.45, 7) is 5.08. The summed E-state index contributed by atoms with van der Waals surface area (Å²) in [5, 5.41) is 29.2. The predicted molar refractivity (Wildman–Crippen MR) is 154 cm³/mol. The molecular weight excluding hydrogens is 524 g/mol. The van der Waals surface area contributed by atoms with Gasteiger partial charge in [-0.15, -0.1) is 0 Å². The Morgan fingerprint density at radius 2 is 1.80 bits per heavy atom. The van der Waals surface area contributed by atoms with Crippen molar-refractivity contribution in [2.45, 2.75) is 58.2 Å². The van der Waals surface area contributed by atoms with Crippen LogP contribution in [-0.4, -0.2) is 57.6 Å². The van der Waals surface area contributed by atoms with Crippen molar-refractivity contribution in [2.24, 2.45) is 11.8 Å². The molecule has 5 rings (SSSR count). The summed E-state index contributed by atoms with van der Waals surface area (Å²) < 4.78 is 18.7. The van der Waals surface area contributed by atoms with Gasteiger partial charge in [-0.25, -0.2) is 0 Å². The first-order valence-electron chi connectivity index (χ1n) is 14.4. The third kappa shape index (κ3) is 6.73. The molecule has 2 heterocycles. The molecule has 220 valence electrons. The van der Waals surface area contributed by atoms with Gasteiger partial charge in [0, 0.05) is 37.7 Å². The highest BCUT2D eigenvalue weighted by Crippen LogP contribution is 2.36. The zero-order chi connectivity index (χ0) is 28.9. The lowest BCUT2D eigenvalue weighted by atomic mass is 9.81. The van der Waals surface area contributed by atoms with E-state index in [1.165, 1.54) is 27.8 Å². The fraction of sp³-hybridized carbons (Fsp3) is 0.469. The highest BCUT2D eigenvalue weighted by atomic mass is 16.5. The molecule has 1 fully saturated rings. The first kappa shape index (κ1) is 28.7. The number of ether oxygens (including phenoxy) is 3. The first-order chi connectivity index (χ1) is 19.8. The van der Waals surface area contributed by atoms with Crippen molar-refractivity contribution in [1.29, 1.82) is 0 Å². The number of methoxy groups -OCH3 is 1. The van der Waals surface area contributed by atoms with E-state index < -0.39 is 5.97 Å². The van der Waals surface area contributed by atoms with Crippen LogP contribution in [-0.2, 0) is 24.3 Å². The van der Waals surface area contributed by atoms with Gasteiger partial charge in [-0.3, -0.25) is 14.3 Å². The summed E-state index contributed by atoms with van der Waals surface area (Å²) in [4.78, 5) is 14.0. The van der Waals surface area contributed by atoms with Crippen molar-refractivity contribution in [1.82, 2.24) is 9.47 Å². The molecule has 41 heavy (non-hydrogen) atoms. The van der Waals surface area contributed by atoms with E-state index in [1.54, 1.807) is 7.11 Å². The molecule has 0 radical (unpaired) electrons. The average molecular weight is 565 g/mol.